The number of hydrogen-bond donors (Lipinski definition) is 1. The van der Waals surface area contributed by atoms with Crippen LogP contribution in [0.1, 0.15) is 20.3 Å². The lowest BCUT2D eigenvalue weighted by Gasteiger charge is -2.24. The van der Waals surface area contributed by atoms with Gasteiger partial charge in [0.05, 0.1) is 24.6 Å². The SMILES string of the molecule is CC[N+](CC)=c1ccc2c(-c3ccccc3S(=O)(=O)[O-])c3ccc([NH+](C)CCC[Si](OC)(OC)OC)cc3oc-2c1. The molecule has 0 amide bonds. The van der Waals surface area contributed by atoms with Crippen LogP contribution in [-0.2, 0) is 23.4 Å². The number of nitrogens with one attached hydrogen (secondary N) is 1. The van der Waals surface area contributed by atoms with E-state index in [1.54, 1.807) is 39.5 Å². The molecule has 1 heterocycles. The molecule has 9 nitrogen and oxygen atoms in total. The number of benzene rings is 3. The van der Waals surface area contributed by atoms with Crippen LogP contribution in [0.15, 0.2) is 70.0 Å². The molecule has 41 heavy (non-hydrogen) atoms. The van der Waals surface area contributed by atoms with Gasteiger partial charge in [0.25, 0.3) is 0 Å². The van der Waals surface area contributed by atoms with Crippen molar-refractivity contribution in [1.82, 2.24) is 4.58 Å². The van der Waals surface area contributed by atoms with Gasteiger partial charge in [0.1, 0.15) is 40.2 Å². The van der Waals surface area contributed by atoms with Gasteiger partial charge in [-0.15, -0.1) is 0 Å². The second kappa shape index (κ2) is 12.9. The Kier molecular flexibility index (Phi) is 9.80. The van der Waals surface area contributed by atoms with E-state index in [1.807, 2.05) is 36.4 Å². The Bertz CT molecular complexity index is 1650. The fourth-order valence-electron chi connectivity index (χ4n) is 5.38. The van der Waals surface area contributed by atoms with Crippen molar-refractivity contribution in [2.75, 3.05) is 48.0 Å². The van der Waals surface area contributed by atoms with E-state index >= 15 is 0 Å². The van der Waals surface area contributed by atoms with Crippen LogP contribution >= 0.6 is 0 Å². The van der Waals surface area contributed by atoms with Gasteiger partial charge < -0.3 is 27.1 Å². The van der Waals surface area contributed by atoms with Crippen molar-refractivity contribution < 1.29 is 35.6 Å². The maximum atomic E-state index is 12.3. The molecule has 11 heteroatoms. The van der Waals surface area contributed by atoms with Crippen LogP contribution in [-0.4, -0.2) is 69.8 Å². The summed E-state index contributed by atoms with van der Waals surface area (Å²) in [6.45, 7) is 6.65. The van der Waals surface area contributed by atoms with Gasteiger partial charge >= 0.3 is 8.80 Å². The molecular formula is C30H39N2O7SSi+. The zero-order chi connectivity index (χ0) is 29.8. The minimum Gasteiger partial charge on any atom is -0.744 e. The van der Waals surface area contributed by atoms with E-state index in [1.165, 1.54) is 6.07 Å². The molecule has 0 spiro atoms. The van der Waals surface area contributed by atoms with Crippen molar-refractivity contribution in [1.29, 1.82) is 0 Å². The standard InChI is InChI=1S/C30H38N2O7SSi/c1-7-32(8-2)23-15-17-25-28(21-23)39-27-20-22(31(3)18-11-19-41(36-4,37-5)38-6)14-16-24(27)30(25)26-12-9-10-13-29(26)40(33,34)35/h9-10,12-17,20-21H,7-8,11,18-19H2,1-6H3/p+1. The minimum atomic E-state index is -4.72. The molecule has 0 saturated heterocycles. The Labute approximate surface area is 243 Å². The van der Waals surface area contributed by atoms with E-state index < -0.39 is 18.9 Å². The molecule has 1 aliphatic heterocycles. The Balaban J connectivity index is 1.89. The fourth-order valence-corrected chi connectivity index (χ4v) is 7.79. The number of hydrogen-bond acceptors (Lipinski definition) is 7. The van der Waals surface area contributed by atoms with Crippen LogP contribution in [0.3, 0.4) is 0 Å². The highest BCUT2D eigenvalue weighted by Crippen LogP contribution is 2.42. The molecule has 220 valence electrons. The third-order valence-electron chi connectivity index (χ3n) is 7.72. The molecule has 0 fully saturated rings. The van der Waals surface area contributed by atoms with Crippen molar-refractivity contribution in [3.05, 3.63) is 66.0 Å². The Morgan fingerprint density at radius 3 is 2.24 bits per heavy atom. The second-order valence-corrected chi connectivity index (χ2v) is 14.4. The number of fused-ring (bicyclic) bond motifs is 2. The predicted octanol–water partition coefficient (Wildman–Crippen LogP) is 3.34. The van der Waals surface area contributed by atoms with Gasteiger partial charge in [0, 0.05) is 68.0 Å². The minimum absolute atomic E-state index is 0.254. The first kappa shape index (κ1) is 31.0. The van der Waals surface area contributed by atoms with Gasteiger partial charge in [-0.2, -0.15) is 0 Å². The molecule has 0 aromatic heterocycles. The molecule has 2 aromatic rings. The van der Waals surface area contributed by atoms with Crippen molar-refractivity contribution in [2.45, 2.75) is 31.2 Å². The van der Waals surface area contributed by atoms with Crippen LogP contribution in [0.4, 0.5) is 5.69 Å². The quantitative estimate of drug-likeness (QED) is 0.115. The zero-order valence-corrected chi connectivity index (χ0v) is 26.3. The molecule has 2 aliphatic rings. The van der Waals surface area contributed by atoms with Crippen LogP contribution in [0, 0.1) is 0 Å². The molecule has 0 radical (unpaired) electrons. The van der Waals surface area contributed by atoms with Gasteiger partial charge in [-0.1, -0.05) is 18.2 Å². The monoisotopic (exact) mass is 599 g/mol. The van der Waals surface area contributed by atoms with Crippen molar-refractivity contribution >= 4 is 35.6 Å². The highest BCUT2D eigenvalue weighted by Gasteiger charge is 2.37. The average molecular weight is 600 g/mol. The largest absolute Gasteiger partial charge is 0.744 e. The van der Waals surface area contributed by atoms with Crippen LogP contribution < -0.4 is 14.8 Å². The first-order valence-electron chi connectivity index (χ1n) is 13.7. The number of rotatable bonds is 12. The zero-order valence-electron chi connectivity index (χ0n) is 24.5. The highest BCUT2D eigenvalue weighted by molar-refractivity contribution is 7.85. The second-order valence-electron chi connectivity index (χ2n) is 9.92. The fraction of sp³-hybridized carbons (Fsp3) is 0.367. The average Bonchev–Trinajstić information content (AvgIpc) is 2.98. The molecule has 1 aliphatic carbocycles. The summed E-state index contributed by atoms with van der Waals surface area (Å²) in [4.78, 5) is 0.907. The van der Waals surface area contributed by atoms with Crippen LogP contribution in [0.2, 0.25) is 6.04 Å². The molecule has 2 aromatic carbocycles. The predicted molar refractivity (Wildman–Crippen MR) is 160 cm³/mol. The molecule has 1 N–H and O–H groups in total. The summed E-state index contributed by atoms with van der Waals surface area (Å²) in [5.41, 5.74) is 3.36. The molecule has 1 unspecified atom stereocenters. The van der Waals surface area contributed by atoms with E-state index in [-0.39, 0.29) is 4.90 Å². The molecular weight excluding hydrogens is 560 g/mol. The van der Waals surface area contributed by atoms with Crippen LogP contribution in [0.5, 0.6) is 0 Å². The van der Waals surface area contributed by atoms with Crippen molar-refractivity contribution in [3.8, 4) is 22.5 Å². The Morgan fingerprint density at radius 2 is 1.61 bits per heavy atom. The number of nitrogens with zero attached hydrogens (tertiary/aromatic N) is 1. The maximum absolute atomic E-state index is 12.3. The van der Waals surface area contributed by atoms with Crippen molar-refractivity contribution in [2.24, 2.45) is 0 Å². The third-order valence-corrected chi connectivity index (χ3v) is 11.4. The van der Waals surface area contributed by atoms with Gasteiger partial charge in [0.15, 0.2) is 0 Å². The first-order valence-corrected chi connectivity index (χ1v) is 17.1. The summed E-state index contributed by atoms with van der Waals surface area (Å²) in [5, 5.41) is 1.73. The lowest BCUT2D eigenvalue weighted by molar-refractivity contribution is -0.810. The summed E-state index contributed by atoms with van der Waals surface area (Å²) >= 11 is 0. The van der Waals surface area contributed by atoms with E-state index in [0.29, 0.717) is 28.5 Å². The van der Waals surface area contributed by atoms with Gasteiger partial charge in [-0.05, 0) is 38.1 Å². The Hall–Kier alpha value is -2.90. The van der Waals surface area contributed by atoms with E-state index in [9.17, 15) is 13.0 Å². The maximum Gasteiger partial charge on any atom is 0.500 e. The highest BCUT2D eigenvalue weighted by atomic mass is 32.2. The van der Waals surface area contributed by atoms with E-state index in [2.05, 4.69) is 25.5 Å². The Morgan fingerprint density at radius 1 is 0.927 bits per heavy atom. The first-order chi connectivity index (χ1) is 19.6. The van der Waals surface area contributed by atoms with Gasteiger partial charge in [0.2, 0.25) is 5.36 Å². The molecule has 4 rings (SSSR count). The summed E-state index contributed by atoms with van der Waals surface area (Å²) in [6, 6.07) is 18.9. The summed E-state index contributed by atoms with van der Waals surface area (Å²) in [5.74, 6) is 0.612. The van der Waals surface area contributed by atoms with Crippen molar-refractivity contribution in [3.63, 3.8) is 0 Å². The smallest absolute Gasteiger partial charge is 0.500 e. The molecule has 1 atom stereocenters. The lowest BCUT2D eigenvalue weighted by Crippen LogP contribution is -3.03. The van der Waals surface area contributed by atoms with Gasteiger partial charge in [-0.25, -0.2) is 13.0 Å². The topological polar surface area (TPSA) is 105 Å². The summed E-state index contributed by atoms with van der Waals surface area (Å²) in [7, 11) is -0.450. The molecule has 0 saturated carbocycles. The molecule has 0 bridgehead atoms. The van der Waals surface area contributed by atoms with E-state index in [4.69, 9.17) is 17.7 Å². The van der Waals surface area contributed by atoms with Crippen LogP contribution in [0.25, 0.3) is 33.4 Å². The normalized spacial score (nSPS) is 13.1. The number of quaternary nitrogens is 1. The van der Waals surface area contributed by atoms with Gasteiger partial charge in [-0.3, -0.25) is 0 Å². The summed E-state index contributed by atoms with van der Waals surface area (Å²) in [6.07, 6.45) is 0.827. The third kappa shape index (κ3) is 6.46. The van der Waals surface area contributed by atoms with E-state index in [0.717, 1.165) is 52.9 Å². The lowest BCUT2D eigenvalue weighted by atomic mass is 9.93. The summed E-state index contributed by atoms with van der Waals surface area (Å²) < 4.78 is 62.2.